The summed E-state index contributed by atoms with van der Waals surface area (Å²) in [6.45, 7) is -0.229. The normalized spacial score (nSPS) is 12.1. The van der Waals surface area contributed by atoms with E-state index >= 15 is 0 Å². The van der Waals surface area contributed by atoms with E-state index in [2.05, 4.69) is 20.5 Å². The smallest absolute Gasteiger partial charge is 0.342 e. The third-order valence-electron chi connectivity index (χ3n) is 4.95. The molecule has 194 valence electrons. The molecule has 4 heterocycles. The molecule has 0 fully saturated rings. The molecule has 0 aliphatic heterocycles. The van der Waals surface area contributed by atoms with Gasteiger partial charge in [0, 0.05) is 12.3 Å². The van der Waals surface area contributed by atoms with Crippen LogP contribution in [0.15, 0.2) is 42.7 Å². The summed E-state index contributed by atoms with van der Waals surface area (Å²) in [5.41, 5.74) is -2.31. The Balaban J connectivity index is 1.81. The summed E-state index contributed by atoms with van der Waals surface area (Å²) in [5, 5.41) is 11.2. The number of rotatable bonds is 5. The summed E-state index contributed by atoms with van der Waals surface area (Å²) >= 11 is 6.04. The number of nitrogens with one attached hydrogen (secondary N) is 2. The van der Waals surface area contributed by atoms with E-state index in [0.29, 0.717) is 16.3 Å². The molecule has 4 aromatic heterocycles. The standard InChI is InChI=1S/C21H14ClF6N7O2/c1-10-7-11-4-6-31-34(11)16(19(37)30-9-20(23,24)25)15(10)32-18(36)13-8-14(21(26,27)28)33-35(13)17-12(22)3-2-5-29-17/h2-8H,9H2,1H3,(H,30,37)(H,32,36). The lowest BCUT2D eigenvalue weighted by Crippen LogP contribution is -2.35. The van der Waals surface area contributed by atoms with E-state index in [9.17, 15) is 35.9 Å². The molecule has 0 saturated carbocycles. The first-order valence-corrected chi connectivity index (χ1v) is 10.6. The number of nitrogens with zero attached hydrogens (tertiary/aromatic N) is 5. The molecular formula is C21H14ClF6N7O2. The summed E-state index contributed by atoms with van der Waals surface area (Å²) in [6.07, 6.45) is -7.17. The van der Waals surface area contributed by atoms with Crippen molar-refractivity contribution in [3.63, 3.8) is 0 Å². The van der Waals surface area contributed by atoms with E-state index in [1.807, 2.05) is 0 Å². The van der Waals surface area contributed by atoms with Crippen LogP contribution in [-0.4, -0.2) is 48.9 Å². The summed E-state index contributed by atoms with van der Waals surface area (Å²) in [6, 6.07) is 6.11. The molecule has 0 aromatic carbocycles. The van der Waals surface area contributed by atoms with Gasteiger partial charge in [-0.3, -0.25) is 9.59 Å². The number of aromatic nitrogens is 5. The van der Waals surface area contributed by atoms with E-state index < -0.39 is 47.8 Å². The Hall–Kier alpha value is -4.14. The molecule has 16 heteroatoms. The van der Waals surface area contributed by atoms with Crippen LogP contribution in [-0.2, 0) is 6.18 Å². The lowest BCUT2D eigenvalue weighted by molar-refractivity contribution is -0.141. The van der Waals surface area contributed by atoms with Gasteiger partial charge in [0.15, 0.2) is 17.2 Å². The molecule has 0 aliphatic carbocycles. The minimum absolute atomic E-state index is 0.116. The number of alkyl halides is 6. The van der Waals surface area contributed by atoms with Crippen LogP contribution >= 0.6 is 11.6 Å². The van der Waals surface area contributed by atoms with Gasteiger partial charge in [-0.05, 0) is 36.8 Å². The maximum atomic E-state index is 13.4. The second kappa shape index (κ2) is 9.38. The zero-order valence-electron chi connectivity index (χ0n) is 18.4. The number of aryl methyl sites for hydroxylation is 1. The molecule has 0 atom stereocenters. The Kier molecular flexibility index (Phi) is 6.58. The van der Waals surface area contributed by atoms with Gasteiger partial charge in [-0.25, -0.2) is 14.2 Å². The van der Waals surface area contributed by atoms with E-state index in [1.165, 1.54) is 43.6 Å². The van der Waals surface area contributed by atoms with Gasteiger partial charge in [-0.2, -0.15) is 36.5 Å². The lowest BCUT2D eigenvalue weighted by Gasteiger charge is -2.16. The minimum atomic E-state index is -4.94. The lowest BCUT2D eigenvalue weighted by atomic mass is 10.1. The summed E-state index contributed by atoms with van der Waals surface area (Å²) in [7, 11) is 0. The van der Waals surface area contributed by atoms with Crippen molar-refractivity contribution in [1.82, 2.24) is 29.7 Å². The van der Waals surface area contributed by atoms with E-state index in [4.69, 9.17) is 11.6 Å². The quantitative estimate of drug-likeness (QED) is 0.361. The topological polar surface area (TPSA) is 106 Å². The average molecular weight is 546 g/mol. The van der Waals surface area contributed by atoms with Gasteiger partial charge >= 0.3 is 12.4 Å². The predicted octanol–water partition coefficient (Wildman–Crippen LogP) is 4.44. The van der Waals surface area contributed by atoms with Crippen molar-refractivity contribution in [3.8, 4) is 5.82 Å². The van der Waals surface area contributed by atoms with Crippen molar-refractivity contribution in [2.45, 2.75) is 19.3 Å². The van der Waals surface area contributed by atoms with Crippen LogP contribution in [0, 0.1) is 6.92 Å². The zero-order valence-corrected chi connectivity index (χ0v) is 19.2. The third-order valence-corrected chi connectivity index (χ3v) is 5.25. The Morgan fingerprint density at radius 2 is 1.78 bits per heavy atom. The van der Waals surface area contributed by atoms with Gasteiger partial charge in [-0.15, -0.1) is 0 Å². The van der Waals surface area contributed by atoms with Crippen molar-refractivity contribution in [1.29, 1.82) is 0 Å². The number of anilines is 1. The maximum absolute atomic E-state index is 13.4. The Morgan fingerprint density at radius 3 is 2.43 bits per heavy atom. The van der Waals surface area contributed by atoms with Gasteiger partial charge in [0.05, 0.1) is 22.4 Å². The fourth-order valence-corrected chi connectivity index (χ4v) is 3.58. The van der Waals surface area contributed by atoms with Crippen molar-refractivity contribution in [2.75, 3.05) is 11.9 Å². The van der Waals surface area contributed by atoms with E-state index in [0.717, 1.165) is 4.52 Å². The van der Waals surface area contributed by atoms with Crippen LogP contribution in [0.4, 0.5) is 32.0 Å². The molecular weight excluding hydrogens is 532 g/mol. The Bertz CT molecular complexity index is 1510. The van der Waals surface area contributed by atoms with Gasteiger partial charge in [-0.1, -0.05) is 11.6 Å². The molecule has 4 rings (SSSR count). The number of amides is 2. The molecule has 0 radical (unpaired) electrons. The molecule has 0 aliphatic rings. The van der Waals surface area contributed by atoms with Crippen molar-refractivity contribution < 1.29 is 35.9 Å². The van der Waals surface area contributed by atoms with Crippen LogP contribution in [0.5, 0.6) is 0 Å². The third kappa shape index (κ3) is 5.35. The average Bonchev–Trinajstić information content (AvgIpc) is 3.45. The first-order chi connectivity index (χ1) is 17.3. The molecule has 2 N–H and O–H groups in total. The zero-order chi connectivity index (χ0) is 27.1. The SMILES string of the molecule is Cc1cc2ccnn2c(C(=O)NCC(F)(F)F)c1NC(=O)c1cc(C(F)(F)F)nn1-c1ncccc1Cl. The second-order valence-corrected chi connectivity index (χ2v) is 8.01. The number of halogens is 7. The van der Waals surface area contributed by atoms with Crippen molar-refractivity contribution in [3.05, 3.63) is 70.4 Å². The van der Waals surface area contributed by atoms with Crippen LogP contribution in [0.3, 0.4) is 0 Å². The number of carbonyl (C=O) groups excluding carboxylic acids is 2. The van der Waals surface area contributed by atoms with E-state index in [-0.39, 0.29) is 22.1 Å². The van der Waals surface area contributed by atoms with Crippen LogP contribution in [0.1, 0.15) is 32.2 Å². The highest BCUT2D eigenvalue weighted by molar-refractivity contribution is 6.32. The number of hydrogen-bond acceptors (Lipinski definition) is 5. The largest absolute Gasteiger partial charge is 0.435 e. The summed E-state index contributed by atoms with van der Waals surface area (Å²) in [5.74, 6) is -2.70. The van der Waals surface area contributed by atoms with E-state index in [1.54, 1.807) is 5.32 Å². The molecule has 4 aromatic rings. The fraction of sp³-hybridized carbons (Fsp3) is 0.190. The molecule has 2 amide bonds. The predicted molar refractivity (Wildman–Crippen MR) is 118 cm³/mol. The van der Waals surface area contributed by atoms with Crippen molar-refractivity contribution >= 4 is 34.6 Å². The van der Waals surface area contributed by atoms with Crippen LogP contribution in [0.25, 0.3) is 11.3 Å². The summed E-state index contributed by atoms with van der Waals surface area (Å²) in [4.78, 5) is 29.8. The molecule has 0 saturated heterocycles. The molecule has 0 spiro atoms. The second-order valence-electron chi connectivity index (χ2n) is 7.60. The highest BCUT2D eigenvalue weighted by atomic mass is 35.5. The number of fused-ring (bicyclic) bond motifs is 1. The monoisotopic (exact) mass is 545 g/mol. The molecule has 0 unspecified atom stereocenters. The minimum Gasteiger partial charge on any atom is -0.342 e. The highest BCUT2D eigenvalue weighted by Crippen LogP contribution is 2.31. The first kappa shape index (κ1) is 25.9. The number of carbonyl (C=O) groups is 2. The fourth-order valence-electron chi connectivity index (χ4n) is 3.38. The highest BCUT2D eigenvalue weighted by Gasteiger charge is 2.37. The van der Waals surface area contributed by atoms with Gasteiger partial charge in [0.25, 0.3) is 11.8 Å². The van der Waals surface area contributed by atoms with Gasteiger partial charge in [0.1, 0.15) is 12.2 Å². The molecule has 9 nitrogen and oxygen atoms in total. The van der Waals surface area contributed by atoms with Crippen molar-refractivity contribution in [2.24, 2.45) is 0 Å². The summed E-state index contributed by atoms with van der Waals surface area (Å²) < 4.78 is 80.0. The van der Waals surface area contributed by atoms with Crippen LogP contribution in [0.2, 0.25) is 5.02 Å². The number of pyridine rings is 2. The van der Waals surface area contributed by atoms with Gasteiger partial charge < -0.3 is 10.6 Å². The first-order valence-electron chi connectivity index (χ1n) is 10.2. The van der Waals surface area contributed by atoms with Gasteiger partial charge in [0.2, 0.25) is 0 Å². The van der Waals surface area contributed by atoms with Crippen LogP contribution < -0.4 is 10.6 Å². The Morgan fingerprint density at radius 1 is 1.05 bits per heavy atom. The number of hydrogen-bond donors (Lipinski definition) is 2. The molecule has 37 heavy (non-hydrogen) atoms. The Labute approximate surface area is 208 Å². The maximum Gasteiger partial charge on any atom is 0.435 e. The molecule has 0 bridgehead atoms.